The summed E-state index contributed by atoms with van der Waals surface area (Å²) in [6.45, 7) is 1.88. The van der Waals surface area contributed by atoms with Gasteiger partial charge in [-0.1, -0.05) is 0 Å². The molecule has 1 N–H and O–H groups in total. The Balaban J connectivity index is 1.65. The summed E-state index contributed by atoms with van der Waals surface area (Å²) < 4.78 is 40.6. The summed E-state index contributed by atoms with van der Waals surface area (Å²) in [6, 6.07) is 5.40. The highest BCUT2D eigenvalue weighted by atomic mass is 32.2. The number of benzene rings is 1. The van der Waals surface area contributed by atoms with Gasteiger partial charge in [-0.05, 0) is 44.0 Å². The molecule has 0 spiro atoms. The van der Waals surface area contributed by atoms with Crippen molar-refractivity contribution in [2.24, 2.45) is 7.05 Å². The number of rotatable bonds is 6. The fourth-order valence-electron chi connectivity index (χ4n) is 3.40. The average Bonchev–Trinajstić information content (AvgIpc) is 3.01. The summed E-state index contributed by atoms with van der Waals surface area (Å²) in [6.07, 6.45) is 1.15. The van der Waals surface area contributed by atoms with Gasteiger partial charge >= 0.3 is 0 Å². The van der Waals surface area contributed by atoms with Crippen molar-refractivity contribution in [2.45, 2.75) is 30.7 Å². The van der Waals surface area contributed by atoms with E-state index in [1.165, 1.54) is 7.05 Å². The van der Waals surface area contributed by atoms with Crippen molar-refractivity contribution >= 4 is 27.7 Å². The van der Waals surface area contributed by atoms with E-state index in [1.54, 1.807) is 22.7 Å². The number of aryl methyl sites for hydroxylation is 2. The molecule has 2 heterocycles. The number of hydrogen-bond donors (Lipinski definition) is 1. The number of hydrogen-bond acceptors (Lipinski definition) is 5. The Kier molecular flexibility index (Phi) is 6.22. The number of carbonyl (C=O) groups excluding carboxylic acids is 2. The zero-order valence-electron chi connectivity index (χ0n) is 17.0. The summed E-state index contributed by atoms with van der Waals surface area (Å²) in [5.74, 6) is -0.767. The molecule has 1 aliphatic heterocycles. The molecule has 1 atom stereocenters. The number of sulfonamides is 1. The van der Waals surface area contributed by atoms with Crippen molar-refractivity contribution in [3.8, 4) is 0 Å². The number of aromatic nitrogens is 2. The van der Waals surface area contributed by atoms with Crippen molar-refractivity contribution < 1.29 is 22.4 Å². The maximum absolute atomic E-state index is 13.0. The number of nitrogens with zero attached hydrogens (tertiary/aromatic N) is 4. The fraction of sp³-hybridized carbons (Fsp3) is 0.421. The van der Waals surface area contributed by atoms with Crippen LogP contribution in [-0.4, -0.2) is 60.5 Å². The van der Waals surface area contributed by atoms with Gasteiger partial charge in [0.2, 0.25) is 15.9 Å². The predicted molar refractivity (Wildman–Crippen MR) is 108 cm³/mol. The van der Waals surface area contributed by atoms with Crippen LogP contribution in [0.25, 0.3) is 0 Å². The molecule has 162 valence electrons. The third-order valence-corrected chi connectivity index (χ3v) is 6.73. The lowest BCUT2D eigenvalue weighted by Gasteiger charge is -2.32. The first-order chi connectivity index (χ1) is 14.1. The van der Waals surface area contributed by atoms with Crippen LogP contribution in [0.5, 0.6) is 0 Å². The van der Waals surface area contributed by atoms with E-state index in [1.807, 2.05) is 6.92 Å². The zero-order chi connectivity index (χ0) is 22.1. The Morgan fingerprint density at radius 1 is 1.33 bits per heavy atom. The highest BCUT2D eigenvalue weighted by Gasteiger charge is 2.33. The van der Waals surface area contributed by atoms with Gasteiger partial charge in [-0.3, -0.25) is 19.2 Å². The first-order valence-electron chi connectivity index (χ1n) is 9.43. The minimum atomic E-state index is -3.96. The number of amides is 2. The first-order valence-corrected chi connectivity index (χ1v) is 10.9. The van der Waals surface area contributed by atoms with Gasteiger partial charge in [0.05, 0.1) is 17.1 Å². The Labute approximate surface area is 174 Å². The second kappa shape index (κ2) is 8.52. The Morgan fingerprint density at radius 3 is 2.60 bits per heavy atom. The van der Waals surface area contributed by atoms with Gasteiger partial charge in [0, 0.05) is 26.7 Å². The molecule has 1 aliphatic rings. The van der Waals surface area contributed by atoms with Crippen molar-refractivity contribution in [3.63, 3.8) is 0 Å². The molecular weight excluding hydrogens is 413 g/mol. The van der Waals surface area contributed by atoms with Crippen molar-refractivity contribution in [2.75, 3.05) is 25.0 Å². The van der Waals surface area contributed by atoms with Crippen LogP contribution < -0.4 is 10.2 Å². The molecule has 1 saturated heterocycles. The average molecular weight is 437 g/mol. The van der Waals surface area contributed by atoms with Gasteiger partial charge < -0.3 is 5.32 Å². The molecule has 11 heteroatoms. The summed E-state index contributed by atoms with van der Waals surface area (Å²) in [5, 5.41) is 6.88. The van der Waals surface area contributed by atoms with Gasteiger partial charge in [-0.2, -0.15) is 9.40 Å². The van der Waals surface area contributed by atoms with Gasteiger partial charge in [0.15, 0.2) is 0 Å². The monoisotopic (exact) mass is 437 g/mol. The SMILES string of the molecule is Cc1cc(N2CCCC(NC(=O)CN(C)S(=O)(=O)c3ccc(F)cc3)C2=O)n(C)n1. The van der Waals surface area contributed by atoms with Crippen LogP contribution in [0.15, 0.2) is 35.2 Å². The van der Waals surface area contributed by atoms with Crippen LogP contribution in [0.2, 0.25) is 0 Å². The predicted octanol–water partition coefficient (Wildman–Crippen LogP) is 0.800. The fourth-order valence-corrected chi connectivity index (χ4v) is 4.53. The van der Waals surface area contributed by atoms with E-state index in [0.29, 0.717) is 25.2 Å². The molecule has 1 aromatic heterocycles. The van der Waals surface area contributed by atoms with Crippen LogP contribution in [0.1, 0.15) is 18.5 Å². The molecule has 1 aromatic carbocycles. The standard InChI is InChI=1S/C19H24FN5O4S/c1-13-11-18(24(3)22-13)25-10-4-5-16(19(25)27)21-17(26)12-23(2)30(28,29)15-8-6-14(20)7-9-15/h6-9,11,16H,4-5,10,12H2,1-3H3,(H,21,26). The molecule has 0 radical (unpaired) electrons. The quantitative estimate of drug-likeness (QED) is 0.720. The maximum Gasteiger partial charge on any atom is 0.250 e. The normalized spacial score (nSPS) is 17.4. The molecule has 1 fully saturated rings. The number of likely N-dealkylation sites (N-methyl/N-ethyl adjacent to an activating group) is 1. The van der Waals surface area contributed by atoms with Gasteiger partial charge in [-0.15, -0.1) is 0 Å². The smallest absolute Gasteiger partial charge is 0.250 e. The molecule has 2 amide bonds. The second-order valence-electron chi connectivity index (χ2n) is 7.23. The summed E-state index contributed by atoms with van der Waals surface area (Å²) in [5.41, 5.74) is 0.777. The third-order valence-electron chi connectivity index (χ3n) is 4.92. The van der Waals surface area contributed by atoms with Crippen LogP contribution >= 0.6 is 0 Å². The summed E-state index contributed by atoms with van der Waals surface area (Å²) in [7, 11) is -0.964. The van der Waals surface area contributed by atoms with Gasteiger partial charge in [0.25, 0.3) is 5.91 Å². The largest absolute Gasteiger partial charge is 0.343 e. The number of halogens is 1. The van der Waals surface area contributed by atoms with E-state index in [9.17, 15) is 22.4 Å². The Hall–Kier alpha value is -2.79. The lowest BCUT2D eigenvalue weighted by molar-refractivity contribution is -0.128. The van der Waals surface area contributed by atoms with E-state index in [-0.39, 0.29) is 10.8 Å². The van der Waals surface area contributed by atoms with E-state index >= 15 is 0 Å². The summed E-state index contributed by atoms with van der Waals surface area (Å²) >= 11 is 0. The minimum absolute atomic E-state index is 0.120. The van der Waals surface area contributed by atoms with Crippen molar-refractivity contribution in [1.82, 2.24) is 19.4 Å². The van der Waals surface area contributed by atoms with Crippen molar-refractivity contribution in [3.05, 3.63) is 41.8 Å². The topological polar surface area (TPSA) is 105 Å². The second-order valence-corrected chi connectivity index (χ2v) is 9.28. The lowest BCUT2D eigenvalue weighted by Crippen LogP contribution is -2.54. The van der Waals surface area contributed by atoms with Gasteiger partial charge in [-0.25, -0.2) is 12.8 Å². The minimum Gasteiger partial charge on any atom is -0.343 e. The van der Waals surface area contributed by atoms with Crippen LogP contribution in [0.4, 0.5) is 10.2 Å². The molecule has 30 heavy (non-hydrogen) atoms. The third kappa shape index (κ3) is 4.51. The van der Waals surface area contributed by atoms with E-state index in [2.05, 4.69) is 10.4 Å². The molecule has 0 bridgehead atoms. The molecule has 0 aliphatic carbocycles. The lowest BCUT2D eigenvalue weighted by atomic mass is 10.0. The van der Waals surface area contributed by atoms with E-state index < -0.39 is 34.3 Å². The molecule has 9 nitrogen and oxygen atoms in total. The van der Waals surface area contributed by atoms with Crippen LogP contribution in [-0.2, 0) is 26.7 Å². The van der Waals surface area contributed by atoms with E-state index in [4.69, 9.17) is 0 Å². The summed E-state index contributed by atoms with van der Waals surface area (Å²) in [4.78, 5) is 26.8. The molecule has 0 saturated carbocycles. The van der Waals surface area contributed by atoms with Crippen molar-refractivity contribution in [1.29, 1.82) is 0 Å². The van der Waals surface area contributed by atoms with Crippen LogP contribution in [0, 0.1) is 12.7 Å². The van der Waals surface area contributed by atoms with Gasteiger partial charge in [0.1, 0.15) is 17.7 Å². The first kappa shape index (κ1) is 21.9. The molecule has 3 rings (SSSR count). The number of anilines is 1. The number of piperidine rings is 1. The Bertz CT molecular complexity index is 1050. The van der Waals surface area contributed by atoms with E-state index in [0.717, 1.165) is 34.3 Å². The molecule has 1 unspecified atom stereocenters. The zero-order valence-corrected chi connectivity index (χ0v) is 17.8. The Morgan fingerprint density at radius 2 is 2.00 bits per heavy atom. The highest BCUT2D eigenvalue weighted by Crippen LogP contribution is 2.22. The van der Waals surface area contributed by atoms with Crippen LogP contribution in [0.3, 0.4) is 0 Å². The number of nitrogens with one attached hydrogen (secondary N) is 1. The maximum atomic E-state index is 13.0. The molecular formula is C19H24FN5O4S. The number of carbonyl (C=O) groups is 2. The highest BCUT2D eigenvalue weighted by molar-refractivity contribution is 7.89. The molecule has 2 aromatic rings.